The van der Waals surface area contributed by atoms with E-state index in [4.69, 9.17) is 4.55 Å². The van der Waals surface area contributed by atoms with Crippen LogP contribution < -0.4 is 4.72 Å². The van der Waals surface area contributed by atoms with Crippen LogP contribution in [0.25, 0.3) is 0 Å². The molecule has 0 radical (unpaired) electrons. The second kappa shape index (κ2) is 3.51. The third-order valence-electron chi connectivity index (χ3n) is 1.92. The molecule has 68 valence electrons. The summed E-state index contributed by atoms with van der Waals surface area (Å²) in [6.45, 7) is 0. The molecule has 1 rings (SSSR count). The lowest BCUT2D eigenvalue weighted by Gasteiger charge is -2.20. The molecular formula is C6H15NO3S. The Labute approximate surface area is 68.4 Å². The third-order valence-corrected chi connectivity index (χ3v) is 2.55. The summed E-state index contributed by atoms with van der Waals surface area (Å²) in [5, 5.41) is 0. The minimum Gasteiger partial charge on any atom is -0.273 e. The highest BCUT2D eigenvalue weighted by Gasteiger charge is 2.17. The summed E-state index contributed by atoms with van der Waals surface area (Å²) in [6.07, 6.45) is 4.96. The number of hydrogen-bond donors (Lipinski definition) is 2. The second-order valence-electron chi connectivity index (χ2n) is 2.93. The molecule has 0 unspecified atom stereocenters. The van der Waals surface area contributed by atoms with Crippen molar-refractivity contribution in [1.82, 2.24) is 4.72 Å². The molecule has 0 saturated heterocycles. The molecule has 1 aliphatic rings. The summed E-state index contributed by atoms with van der Waals surface area (Å²) >= 11 is 0. The number of hydrogen-bond acceptors (Lipinski definition) is 2. The van der Waals surface area contributed by atoms with Crippen molar-refractivity contribution in [3.8, 4) is 0 Å². The minimum atomic E-state index is -3.97. The van der Waals surface area contributed by atoms with Crippen molar-refractivity contribution in [3.05, 3.63) is 0 Å². The van der Waals surface area contributed by atoms with E-state index >= 15 is 0 Å². The van der Waals surface area contributed by atoms with Gasteiger partial charge < -0.3 is 0 Å². The Morgan fingerprint density at radius 3 is 2.27 bits per heavy atom. The first-order valence-electron chi connectivity index (χ1n) is 3.83. The fourth-order valence-corrected chi connectivity index (χ4v) is 2.09. The predicted octanol–water partition coefficient (Wildman–Crippen LogP) is 0.957. The van der Waals surface area contributed by atoms with E-state index in [0.29, 0.717) is 0 Å². The van der Waals surface area contributed by atoms with Crippen molar-refractivity contribution in [1.29, 1.82) is 0 Å². The van der Waals surface area contributed by atoms with Crippen molar-refractivity contribution in [3.63, 3.8) is 0 Å². The Morgan fingerprint density at radius 1 is 1.27 bits per heavy atom. The molecule has 0 aromatic rings. The molecule has 2 N–H and O–H groups in total. The van der Waals surface area contributed by atoms with Gasteiger partial charge in [0.25, 0.3) is 0 Å². The molecule has 0 amide bonds. The smallest absolute Gasteiger partial charge is 0.273 e. The summed E-state index contributed by atoms with van der Waals surface area (Å²) in [5.41, 5.74) is 0. The van der Waals surface area contributed by atoms with Crippen LogP contribution in [-0.2, 0) is 10.3 Å². The zero-order chi connectivity index (χ0) is 8.32. The quantitative estimate of drug-likeness (QED) is 0.623. The van der Waals surface area contributed by atoms with Gasteiger partial charge in [-0.3, -0.25) is 4.55 Å². The SMILES string of the molecule is O=S(=O)(O)NC1CCCCC1.[HH]. The van der Waals surface area contributed by atoms with E-state index < -0.39 is 10.3 Å². The van der Waals surface area contributed by atoms with Gasteiger partial charge in [-0.25, -0.2) is 0 Å². The van der Waals surface area contributed by atoms with Crippen molar-refractivity contribution < 1.29 is 14.4 Å². The first-order valence-corrected chi connectivity index (χ1v) is 5.27. The molecule has 0 aliphatic heterocycles. The van der Waals surface area contributed by atoms with Crippen molar-refractivity contribution in [2.75, 3.05) is 0 Å². The maximum atomic E-state index is 10.3. The molecule has 4 nitrogen and oxygen atoms in total. The van der Waals surface area contributed by atoms with E-state index in [1.54, 1.807) is 0 Å². The van der Waals surface area contributed by atoms with Gasteiger partial charge in [-0.15, -0.1) is 0 Å². The largest absolute Gasteiger partial charge is 0.333 e. The van der Waals surface area contributed by atoms with E-state index in [1.807, 2.05) is 0 Å². The monoisotopic (exact) mass is 181 g/mol. The molecule has 1 saturated carbocycles. The first-order chi connectivity index (χ1) is 5.08. The molecule has 0 aromatic carbocycles. The van der Waals surface area contributed by atoms with E-state index in [9.17, 15) is 8.42 Å². The molecule has 1 fully saturated rings. The van der Waals surface area contributed by atoms with Crippen molar-refractivity contribution in [2.45, 2.75) is 38.1 Å². The van der Waals surface area contributed by atoms with Gasteiger partial charge in [0.1, 0.15) is 0 Å². The van der Waals surface area contributed by atoms with E-state index in [0.717, 1.165) is 25.7 Å². The minimum absolute atomic E-state index is 0. The summed E-state index contributed by atoms with van der Waals surface area (Å²) in [6, 6.07) is -0.0428. The molecule has 0 spiro atoms. The Bertz CT molecular complexity index is 211. The van der Waals surface area contributed by atoms with Gasteiger partial charge in [-0.05, 0) is 12.8 Å². The molecule has 11 heavy (non-hydrogen) atoms. The zero-order valence-corrected chi connectivity index (χ0v) is 7.10. The average molecular weight is 181 g/mol. The summed E-state index contributed by atoms with van der Waals surface area (Å²) in [7, 11) is -3.97. The van der Waals surface area contributed by atoms with E-state index in [2.05, 4.69) is 4.72 Å². The normalized spacial score (nSPS) is 21.9. The van der Waals surface area contributed by atoms with Gasteiger partial charge in [0.2, 0.25) is 0 Å². The van der Waals surface area contributed by atoms with Gasteiger partial charge in [-0.2, -0.15) is 13.1 Å². The van der Waals surface area contributed by atoms with Crippen LogP contribution in [0.4, 0.5) is 0 Å². The average Bonchev–Trinajstić information content (AvgIpc) is 1.85. The van der Waals surface area contributed by atoms with Gasteiger partial charge in [0.05, 0.1) is 0 Å². The lowest BCUT2D eigenvalue weighted by molar-refractivity contribution is 0.389. The summed E-state index contributed by atoms with van der Waals surface area (Å²) in [4.78, 5) is 0. The standard InChI is InChI=1S/C6H13NO3S.H2/c8-11(9,10)7-6-4-2-1-3-5-6;/h6-7H,1-5H2,(H,8,9,10);1H. The first kappa shape index (κ1) is 8.96. The number of rotatable bonds is 2. The van der Waals surface area contributed by atoms with Gasteiger partial charge in [0.15, 0.2) is 0 Å². The third kappa shape index (κ3) is 3.69. The topological polar surface area (TPSA) is 66.4 Å². The van der Waals surface area contributed by atoms with Crippen LogP contribution in [0.2, 0.25) is 0 Å². The van der Waals surface area contributed by atoms with Crippen LogP contribution in [0, 0.1) is 0 Å². The molecule has 0 aromatic heterocycles. The Morgan fingerprint density at radius 2 is 1.82 bits per heavy atom. The fourth-order valence-electron chi connectivity index (χ4n) is 1.43. The molecule has 0 bridgehead atoms. The fraction of sp³-hybridized carbons (Fsp3) is 1.00. The highest BCUT2D eigenvalue weighted by atomic mass is 32.2. The van der Waals surface area contributed by atoms with Crippen LogP contribution in [0.1, 0.15) is 33.5 Å². The molecule has 0 heterocycles. The Balaban J connectivity index is 0.00000121. The van der Waals surface area contributed by atoms with Crippen molar-refractivity contribution >= 4 is 10.3 Å². The highest BCUT2D eigenvalue weighted by Crippen LogP contribution is 2.17. The van der Waals surface area contributed by atoms with Crippen LogP contribution in [0.15, 0.2) is 0 Å². The maximum Gasteiger partial charge on any atom is 0.333 e. The predicted molar refractivity (Wildman–Crippen MR) is 43.7 cm³/mol. The van der Waals surface area contributed by atoms with Crippen LogP contribution >= 0.6 is 0 Å². The van der Waals surface area contributed by atoms with Crippen LogP contribution in [0.3, 0.4) is 0 Å². The van der Waals surface area contributed by atoms with E-state index in [1.165, 1.54) is 6.42 Å². The Hall–Kier alpha value is -0.130. The highest BCUT2D eigenvalue weighted by molar-refractivity contribution is 7.83. The lowest BCUT2D eigenvalue weighted by atomic mass is 9.96. The van der Waals surface area contributed by atoms with Crippen molar-refractivity contribution in [2.24, 2.45) is 0 Å². The summed E-state index contributed by atoms with van der Waals surface area (Å²) in [5.74, 6) is 0. The van der Waals surface area contributed by atoms with Crippen LogP contribution in [0.5, 0.6) is 0 Å². The van der Waals surface area contributed by atoms with Gasteiger partial charge in [-0.1, -0.05) is 19.3 Å². The van der Waals surface area contributed by atoms with Gasteiger partial charge in [0, 0.05) is 7.47 Å². The molecular weight excluding hydrogens is 166 g/mol. The van der Waals surface area contributed by atoms with Crippen LogP contribution in [-0.4, -0.2) is 19.0 Å². The number of nitrogens with one attached hydrogen (secondary N) is 1. The van der Waals surface area contributed by atoms with E-state index in [-0.39, 0.29) is 7.47 Å². The summed E-state index contributed by atoms with van der Waals surface area (Å²) < 4.78 is 31.3. The molecule has 0 atom stereocenters. The molecule has 1 aliphatic carbocycles. The molecule has 5 heteroatoms. The van der Waals surface area contributed by atoms with Gasteiger partial charge >= 0.3 is 10.3 Å². The zero-order valence-electron chi connectivity index (χ0n) is 6.28. The Kier molecular flexibility index (Phi) is 2.86. The lowest BCUT2D eigenvalue weighted by Crippen LogP contribution is -2.35. The second-order valence-corrected chi connectivity index (χ2v) is 4.11. The maximum absolute atomic E-state index is 10.3.